The van der Waals surface area contributed by atoms with E-state index in [-0.39, 0.29) is 17.9 Å². The molecule has 200 valence electrons. The molecule has 2 aromatic heterocycles. The van der Waals surface area contributed by atoms with Gasteiger partial charge in [0.2, 0.25) is 5.91 Å². The Bertz CT molecular complexity index is 1440. The highest BCUT2D eigenvalue weighted by atomic mass is 16.5. The monoisotopic (exact) mass is 522 g/mol. The molecule has 1 amide bonds. The average molecular weight is 523 g/mol. The van der Waals surface area contributed by atoms with E-state index in [2.05, 4.69) is 28.4 Å². The maximum Gasteiger partial charge on any atom is 0.223 e. The first-order valence-electron chi connectivity index (χ1n) is 14.2. The van der Waals surface area contributed by atoms with Gasteiger partial charge in [0, 0.05) is 36.8 Å². The van der Waals surface area contributed by atoms with Crippen LogP contribution in [0.15, 0.2) is 48.7 Å². The number of benzene rings is 1. The van der Waals surface area contributed by atoms with Gasteiger partial charge in [-0.3, -0.25) is 9.69 Å². The Morgan fingerprint density at radius 3 is 2.79 bits per heavy atom. The van der Waals surface area contributed by atoms with E-state index in [1.807, 2.05) is 41.2 Å². The van der Waals surface area contributed by atoms with Gasteiger partial charge in [-0.2, -0.15) is 10.4 Å². The van der Waals surface area contributed by atoms with Crippen LogP contribution in [-0.4, -0.2) is 50.8 Å². The normalized spacial score (nSPS) is 26.6. The van der Waals surface area contributed by atoms with Crippen LogP contribution < -0.4 is 10.1 Å². The van der Waals surface area contributed by atoms with Crippen molar-refractivity contribution in [2.24, 2.45) is 5.92 Å². The lowest BCUT2D eigenvalue weighted by atomic mass is 9.86. The summed E-state index contributed by atoms with van der Waals surface area (Å²) in [5, 5.41) is 17.8. The van der Waals surface area contributed by atoms with E-state index in [1.165, 1.54) is 12.0 Å². The van der Waals surface area contributed by atoms with Crippen LogP contribution in [0.25, 0.3) is 5.82 Å². The number of amides is 1. The first-order valence-corrected chi connectivity index (χ1v) is 14.2. The van der Waals surface area contributed by atoms with Gasteiger partial charge < -0.3 is 10.1 Å². The standard InChI is InChI=1S/C31H34N6O2/c1-39-24-9-5-20(6-10-24)17-36-23-8-12-27(36)26(16-23)33-30(38)21-7-11-25-22(15-21)18-37(35-25)29-4-2-3-28(34-29)31(19-32)13-14-31/h2-6,9-10,18,21,23,26-27H,7-8,11-17H2,1H3,(H,33,38)/t21?,23-,26+,27+/m0/s1. The molecule has 4 atom stereocenters. The first-order chi connectivity index (χ1) is 19.0. The number of aromatic nitrogens is 3. The zero-order chi connectivity index (χ0) is 26.6. The zero-order valence-corrected chi connectivity index (χ0v) is 22.3. The predicted molar refractivity (Wildman–Crippen MR) is 145 cm³/mol. The molecular formula is C31H34N6O2. The molecule has 4 aliphatic rings. The Morgan fingerprint density at radius 1 is 1.18 bits per heavy atom. The second kappa shape index (κ2) is 9.49. The van der Waals surface area contributed by atoms with Gasteiger partial charge in [-0.15, -0.1) is 0 Å². The fourth-order valence-corrected chi connectivity index (χ4v) is 6.96. The van der Waals surface area contributed by atoms with Crippen molar-refractivity contribution < 1.29 is 9.53 Å². The molecule has 2 aliphatic heterocycles. The molecule has 8 heteroatoms. The summed E-state index contributed by atoms with van der Waals surface area (Å²) in [5.41, 5.74) is 3.88. The molecular weight excluding hydrogens is 488 g/mol. The quantitative estimate of drug-likeness (QED) is 0.506. The number of carbonyl (C=O) groups excluding carboxylic acids is 1. The second-order valence-electron chi connectivity index (χ2n) is 11.7. The number of aryl methyl sites for hydroxylation is 1. The van der Waals surface area contributed by atoms with Gasteiger partial charge in [0.1, 0.15) is 5.75 Å². The first kappa shape index (κ1) is 24.3. The van der Waals surface area contributed by atoms with Crippen LogP contribution in [0.5, 0.6) is 5.75 Å². The highest BCUT2D eigenvalue weighted by Gasteiger charge is 2.47. The van der Waals surface area contributed by atoms with Gasteiger partial charge >= 0.3 is 0 Å². The summed E-state index contributed by atoms with van der Waals surface area (Å²) in [7, 11) is 1.69. The Balaban J connectivity index is 0.998. The molecule has 39 heavy (non-hydrogen) atoms. The summed E-state index contributed by atoms with van der Waals surface area (Å²) in [6, 6.07) is 17.8. The molecule has 1 N–H and O–H groups in total. The Kier molecular flexibility index (Phi) is 5.93. The molecule has 7 rings (SSSR count). The Hall–Kier alpha value is -3.70. The molecule has 0 radical (unpaired) electrons. The van der Waals surface area contributed by atoms with E-state index in [0.717, 1.165) is 73.6 Å². The molecule has 2 bridgehead atoms. The Morgan fingerprint density at radius 2 is 2.03 bits per heavy atom. The van der Waals surface area contributed by atoms with Crippen LogP contribution in [0.2, 0.25) is 0 Å². The van der Waals surface area contributed by atoms with Crippen molar-refractivity contribution in [3.63, 3.8) is 0 Å². The fraction of sp³-hybridized carbons (Fsp3) is 0.484. The van der Waals surface area contributed by atoms with Crippen LogP contribution in [0.4, 0.5) is 0 Å². The molecule has 1 aromatic carbocycles. The fourth-order valence-electron chi connectivity index (χ4n) is 6.96. The number of hydrogen-bond acceptors (Lipinski definition) is 6. The van der Waals surface area contributed by atoms with E-state index < -0.39 is 5.41 Å². The molecule has 0 spiro atoms. The van der Waals surface area contributed by atoms with E-state index in [9.17, 15) is 10.1 Å². The molecule has 1 unspecified atom stereocenters. The molecule has 8 nitrogen and oxygen atoms in total. The largest absolute Gasteiger partial charge is 0.497 e. The lowest BCUT2D eigenvalue weighted by molar-refractivity contribution is -0.126. The molecule has 2 saturated heterocycles. The lowest BCUT2D eigenvalue weighted by Crippen LogP contribution is -2.46. The van der Waals surface area contributed by atoms with E-state index >= 15 is 0 Å². The summed E-state index contributed by atoms with van der Waals surface area (Å²) >= 11 is 0. The summed E-state index contributed by atoms with van der Waals surface area (Å²) in [6.07, 6.45) is 9.48. The predicted octanol–water partition coefficient (Wildman–Crippen LogP) is 3.86. The number of nitrogens with one attached hydrogen (secondary N) is 1. The number of methoxy groups -OCH3 is 1. The number of pyridine rings is 1. The van der Waals surface area contributed by atoms with Crippen molar-refractivity contribution in [1.29, 1.82) is 5.26 Å². The third-order valence-corrected chi connectivity index (χ3v) is 9.40. The van der Waals surface area contributed by atoms with Crippen LogP contribution in [-0.2, 0) is 29.6 Å². The number of fused-ring (bicyclic) bond motifs is 3. The third-order valence-electron chi connectivity index (χ3n) is 9.40. The topological polar surface area (TPSA) is 96.1 Å². The van der Waals surface area contributed by atoms with Gasteiger partial charge in [-0.05, 0) is 86.8 Å². The molecule has 3 fully saturated rings. The summed E-state index contributed by atoms with van der Waals surface area (Å²) in [6.45, 7) is 0.919. The van der Waals surface area contributed by atoms with Crippen LogP contribution in [0.3, 0.4) is 0 Å². The molecule has 4 heterocycles. The maximum absolute atomic E-state index is 13.4. The number of nitriles is 1. The van der Waals surface area contributed by atoms with Crippen molar-refractivity contribution in [3.05, 3.63) is 71.2 Å². The van der Waals surface area contributed by atoms with Crippen LogP contribution in [0.1, 0.15) is 61.0 Å². The number of hydrogen-bond donors (Lipinski definition) is 1. The number of carbonyl (C=O) groups is 1. The second-order valence-corrected chi connectivity index (χ2v) is 11.7. The van der Waals surface area contributed by atoms with E-state index in [4.69, 9.17) is 14.8 Å². The van der Waals surface area contributed by atoms with Crippen LogP contribution >= 0.6 is 0 Å². The molecule has 2 aliphatic carbocycles. The van der Waals surface area contributed by atoms with E-state index in [0.29, 0.717) is 18.5 Å². The van der Waals surface area contributed by atoms with Crippen molar-refractivity contribution >= 4 is 5.91 Å². The van der Waals surface area contributed by atoms with Crippen molar-refractivity contribution in [2.45, 2.75) is 81.5 Å². The van der Waals surface area contributed by atoms with Gasteiger partial charge in [0.15, 0.2) is 5.82 Å². The SMILES string of the molecule is COc1ccc(CN2[C@H]3CC[C@@H]2[C@H](NC(=O)C2CCc4nn(-c5cccc(C6(C#N)CC6)n5)cc4C2)C3)cc1. The van der Waals surface area contributed by atoms with Gasteiger partial charge in [-0.25, -0.2) is 9.67 Å². The highest BCUT2D eigenvalue weighted by molar-refractivity contribution is 5.79. The van der Waals surface area contributed by atoms with Crippen molar-refractivity contribution in [3.8, 4) is 17.6 Å². The number of rotatable bonds is 7. The van der Waals surface area contributed by atoms with Gasteiger partial charge in [0.05, 0.1) is 30.0 Å². The van der Waals surface area contributed by atoms with Crippen molar-refractivity contribution in [1.82, 2.24) is 25.0 Å². The van der Waals surface area contributed by atoms with Crippen LogP contribution in [0, 0.1) is 17.2 Å². The van der Waals surface area contributed by atoms with Gasteiger partial charge in [0.25, 0.3) is 0 Å². The highest BCUT2D eigenvalue weighted by Crippen LogP contribution is 2.46. The molecule has 3 aromatic rings. The van der Waals surface area contributed by atoms with E-state index in [1.54, 1.807) is 7.11 Å². The summed E-state index contributed by atoms with van der Waals surface area (Å²) < 4.78 is 7.13. The number of nitrogens with zero attached hydrogens (tertiary/aromatic N) is 5. The third kappa shape index (κ3) is 4.39. The summed E-state index contributed by atoms with van der Waals surface area (Å²) in [5.74, 6) is 1.77. The van der Waals surface area contributed by atoms with Crippen molar-refractivity contribution in [2.75, 3.05) is 7.11 Å². The smallest absolute Gasteiger partial charge is 0.223 e. The molecule has 1 saturated carbocycles. The van der Waals surface area contributed by atoms with Gasteiger partial charge in [-0.1, -0.05) is 18.2 Å². The minimum Gasteiger partial charge on any atom is -0.497 e. The Labute approximate surface area is 229 Å². The zero-order valence-electron chi connectivity index (χ0n) is 22.3. The average Bonchev–Trinajstić information content (AvgIpc) is 3.37. The maximum atomic E-state index is 13.4. The minimum atomic E-state index is -0.421. The lowest BCUT2D eigenvalue weighted by Gasteiger charge is -2.28. The summed E-state index contributed by atoms with van der Waals surface area (Å²) in [4.78, 5) is 20.8. The number of ether oxygens (including phenoxy) is 1. The minimum absolute atomic E-state index is 0.0306.